The smallest absolute Gasteiger partial charge is 0.154 e. The Morgan fingerprint density at radius 2 is 1.67 bits per heavy atom. The summed E-state index contributed by atoms with van der Waals surface area (Å²) in [5, 5.41) is 10.1. The van der Waals surface area contributed by atoms with E-state index in [9.17, 15) is 5.11 Å². The van der Waals surface area contributed by atoms with Gasteiger partial charge in [-0.1, -0.05) is 34.5 Å². The van der Waals surface area contributed by atoms with Crippen molar-refractivity contribution in [2.45, 2.75) is 58.6 Å². The molecular weight excluding hydrogens is 203 g/mol. The second-order valence-corrected chi connectivity index (χ2v) is 6.12. The molecule has 0 saturated carbocycles. The molecule has 0 bridgehead atoms. The summed E-state index contributed by atoms with van der Waals surface area (Å²) >= 11 is 4.58. The Labute approximate surface area is 102 Å². The van der Waals surface area contributed by atoms with Crippen molar-refractivity contribution in [3.05, 3.63) is 0 Å². The van der Waals surface area contributed by atoms with Crippen molar-refractivity contribution in [2.75, 3.05) is 0 Å². The fraction of sp³-hybridized carbons (Fsp3) is 1.00. The first kappa shape index (κ1) is 15.4. The molecule has 0 aliphatic rings. The van der Waals surface area contributed by atoms with Crippen molar-refractivity contribution >= 4 is 19.9 Å². The first-order valence-electron chi connectivity index (χ1n) is 6.24. The van der Waals surface area contributed by atoms with Gasteiger partial charge in [-0.3, -0.25) is 0 Å². The Balaban J connectivity index is 4.22. The van der Waals surface area contributed by atoms with Crippen molar-refractivity contribution in [1.29, 1.82) is 0 Å². The predicted molar refractivity (Wildman–Crippen MR) is 74.2 cm³/mol. The third-order valence-electron chi connectivity index (χ3n) is 3.21. The number of hydrogen-bond acceptors (Lipinski definition) is 2. The Bertz CT molecular complexity index is 162. The maximum atomic E-state index is 9.67. The van der Waals surface area contributed by atoms with Crippen LogP contribution < -0.4 is 0 Å². The molecule has 4 atom stereocenters. The van der Waals surface area contributed by atoms with Crippen LogP contribution in [0.5, 0.6) is 0 Å². The minimum absolute atomic E-state index is 0.137. The maximum Gasteiger partial charge on any atom is 0.154 e. The van der Waals surface area contributed by atoms with Gasteiger partial charge >= 0.3 is 0 Å². The number of rotatable bonds is 7. The van der Waals surface area contributed by atoms with Crippen molar-refractivity contribution in [3.8, 4) is 0 Å². The third kappa shape index (κ3) is 6.52. The molecule has 0 aromatic carbocycles. The Hall–Kier alpha value is 0.375. The van der Waals surface area contributed by atoms with Crippen LogP contribution in [0.2, 0.25) is 6.82 Å². The average Bonchev–Trinajstić information content (AvgIpc) is 2.12. The van der Waals surface area contributed by atoms with Crippen LogP contribution in [0.15, 0.2) is 0 Å². The first-order chi connectivity index (χ1) is 6.88. The van der Waals surface area contributed by atoms with E-state index >= 15 is 0 Å². The largest absolute Gasteiger partial charge is 0.402 e. The van der Waals surface area contributed by atoms with E-state index in [2.05, 4.69) is 40.3 Å². The lowest BCUT2D eigenvalue weighted by atomic mass is 9.69. The minimum Gasteiger partial charge on any atom is -0.402 e. The molecule has 0 saturated heterocycles. The summed E-state index contributed by atoms with van der Waals surface area (Å²) in [4.78, 5) is 0. The molecule has 0 aliphatic heterocycles. The quantitative estimate of drug-likeness (QED) is 0.509. The van der Waals surface area contributed by atoms with Crippen molar-refractivity contribution in [1.82, 2.24) is 0 Å². The van der Waals surface area contributed by atoms with E-state index < -0.39 is 0 Å². The first-order valence-corrected chi connectivity index (χ1v) is 6.76. The van der Waals surface area contributed by atoms with E-state index in [4.69, 9.17) is 0 Å². The van der Waals surface area contributed by atoms with Crippen molar-refractivity contribution in [2.24, 2.45) is 17.8 Å². The van der Waals surface area contributed by atoms with Gasteiger partial charge in [0.05, 0.1) is 0 Å². The van der Waals surface area contributed by atoms with E-state index in [0.29, 0.717) is 23.0 Å². The summed E-state index contributed by atoms with van der Waals surface area (Å²) in [6, 6.07) is -0.137. The van der Waals surface area contributed by atoms with E-state index in [1.54, 1.807) is 0 Å². The summed E-state index contributed by atoms with van der Waals surface area (Å²) in [7, 11) is 0.861. The van der Waals surface area contributed by atoms with Crippen LogP contribution in [0.3, 0.4) is 0 Å². The zero-order valence-corrected chi connectivity index (χ0v) is 11.8. The van der Waals surface area contributed by atoms with Gasteiger partial charge in [-0.05, 0) is 30.6 Å². The second-order valence-electron chi connectivity index (χ2n) is 5.31. The average molecular weight is 230 g/mol. The maximum absolute atomic E-state index is 9.67. The lowest BCUT2D eigenvalue weighted by Crippen LogP contribution is -2.27. The number of hydrogen-bond donors (Lipinski definition) is 2. The molecule has 1 N–H and O–H groups in total. The fourth-order valence-electron chi connectivity index (χ4n) is 2.22. The lowest BCUT2D eigenvalue weighted by Gasteiger charge is -2.29. The number of aliphatic hydroxyl groups is 1. The highest BCUT2D eigenvalue weighted by atomic mass is 32.1. The second kappa shape index (κ2) is 7.62. The molecule has 0 aromatic rings. The Morgan fingerprint density at radius 3 is 2.00 bits per heavy atom. The zero-order valence-electron chi connectivity index (χ0n) is 10.9. The van der Waals surface area contributed by atoms with Gasteiger partial charge in [-0.25, -0.2) is 0 Å². The van der Waals surface area contributed by atoms with Gasteiger partial charge < -0.3 is 5.11 Å². The van der Waals surface area contributed by atoms with Gasteiger partial charge in [0.25, 0.3) is 0 Å². The monoisotopic (exact) mass is 230 g/mol. The summed E-state index contributed by atoms with van der Waals surface area (Å²) in [6.45, 7) is 11.0. The molecule has 1 nitrogen and oxygen atoms in total. The van der Waals surface area contributed by atoms with Gasteiger partial charge in [-0.2, -0.15) is 12.6 Å². The summed E-state index contributed by atoms with van der Waals surface area (Å²) in [5.74, 6) is 1.90. The van der Waals surface area contributed by atoms with Crippen LogP contribution in [-0.4, -0.2) is 23.6 Å². The summed E-state index contributed by atoms with van der Waals surface area (Å²) in [5.41, 5.74) is 0. The normalized spacial score (nSPS) is 19.7. The Kier molecular flexibility index (Phi) is 7.81. The standard InChI is InChI=1S/C12H27BOS/c1-8(2)6-11(10(4)15)9(3)7-12(14)13-5/h8-15H,6-7H2,1-5H3/t9-,10?,11?,12?/m0/s1. The van der Waals surface area contributed by atoms with Crippen molar-refractivity contribution < 1.29 is 5.11 Å². The zero-order chi connectivity index (χ0) is 12.0. The predicted octanol–water partition coefficient (Wildman–Crippen LogP) is 2.80. The van der Waals surface area contributed by atoms with Crippen LogP contribution in [0.4, 0.5) is 0 Å². The van der Waals surface area contributed by atoms with Gasteiger partial charge in [0.15, 0.2) is 7.28 Å². The molecule has 0 aromatic heterocycles. The molecule has 90 valence electrons. The van der Waals surface area contributed by atoms with Gasteiger partial charge in [0.1, 0.15) is 0 Å². The molecule has 0 heterocycles. The van der Waals surface area contributed by atoms with Gasteiger partial charge in [-0.15, -0.1) is 0 Å². The summed E-state index contributed by atoms with van der Waals surface area (Å²) in [6.07, 6.45) is 2.13. The van der Waals surface area contributed by atoms with E-state index in [0.717, 1.165) is 13.7 Å². The molecule has 0 fully saturated rings. The van der Waals surface area contributed by atoms with Crippen LogP contribution in [0, 0.1) is 17.8 Å². The molecule has 15 heavy (non-hydrogen) atoms. The Morgan fingerprint density at radius 1 is 1.13 bits per heavy atom. The molecule has 0 aliphatic carbocycles. The fourth-order valence-corrected chi connectivity index (χ4v) is 2.64. The van der Waals surface area contributed by atoms with Crippen LogP contribution in [0.1, 0.15) is 40.5 Å². The molecule has 0 radical (unpaired) electrons. The topological polar surface area (TPSA) is 20.2 Å². The van der Waals surface area contributed by atoms with Crippen molar-refractivity contribution in [3.63, 3.8) is 0 Å². The van der Waals surface area contributed by atoms with Gasteiger partial charge in [0, 0.05) is 11.3 Å². The van der Waals surface area contributed by atoms with Crippen LogP contribution in [0.25, 0.3) is 0 Å². The van der Waals surface area contributed by atoms with Gasteiger partial charge in [0.2, 0.25) is 0 Å². The summed E-state index contributed by atoms with van der Waals surface area (Å²) < 4.78 is 0. The molecule has 0 rings (SSSR count). The van der Waals surface area contributed by atoms with E-state index in [-0.39, 0.29) is 6.00 Å². The van der Waals surface area contributed by atoms with E-state index in [1.165, 1.54) is 6.42 Å². The molecule has 3 heteroatoms. The number of aliphatic hydroxyl groups excluding tert-OH is 1. The minimum atomic E-state index is -0.137. The van der Waals surface area contributed by atoms with Crippen LogP contribution >= 0.6 is 12.6 Å². The molecule has 0 spiro atoms. The molecule has 0 amide bonds. The van der Waals surface area contributed by atoms with E-state index in [1.807, 2.05) is 6.82 Å². The highest BCUT2D eigenvalue weighted by Crippen LogP contribution is 2.29. The molecule has 3 unspecified atom stereocenters. The third-order valence-corrected chi connectivity index (χ3v) is 3.59. The highest BCUT2D eigenvalue weighted by molar-refractivity contribution is 7.80. The lowest BCUT2D eigenvalue weighted by molar-refractivity contribution is 0.182. The number of thiol groups is 1. The molecular formula is C12H27BOS. The van der Waals surface area contributed by atoms with Crippen LogP contribution in [-0.2, 0) is 0 Å². The SMILES string of the molecule is CBC(O)C[C@H](C)C(CC(C)C)C(C)S. The highest BCUT2D eigenvalue weighted by Gasteiger charge is 2.24.